The molecular weight excluding hydrogens is 162 g/mol. The second-order valence-corrected chi connectivity index (χ2v) is 2.34. The summed E-state index contributed by atoms with van der Waals surface area (Å²) >= 11 is 0. The molecule has 0 amide bonds. The van der Waals surface area contributed by atoms with Crippen molar-refractivity contribution in [2.75, 3.05) is 0 Å². The highest BCUT2D eigenvalue weighted by molar-refractivity contribution is 5.81. The van der Waals surface area contributed by atoms with Gasteiger partial charge in [-0.15, -0.1) is 5.10 Å². The predicted molar refractivity (Wildman–Crippen MR) is 39.5 cm³/mol. The zero-order chi connectivity index (χ0) is 8.55. The second-order valence-electron chi connectivity index (χ2n) is 2.34. The topological polar surface area (TPSA) is 25.8 Å². The van der Waals surface area contributed by atoms with Crippen molar-refractivity contribution in [3.05, 3.63) is 36.2 Å². The van der Waals surface area contributed by atoms with Crippen molar-refractivity contribution in [1.82, 2.24) is 10.2 Å². The van der Waals surface area contributed by atoms with E-state index < -0.39 is 11.8 Å². The van der Waals surface area contributed by atoms with E-state index in [0.717, 1.165) is 0 Å². The molecule has 0 atom stereocenters. The number of hydrogen-bond donors (Lipinski definition) is 0. The number of nitrogens with zero attached hydrogens (tertiary/aromatic N) is 2. The van der Waals surface area contributed by atoms with Crippen LogP contribution in [0.1, 0.15) is 0 Å². The molecule has 0 saturated carbocycles. The van der Waals surface area contributed by atoms with Crippen LogP contribution in [0.4, 0.5) is 8.78 Å². The van der Waals surface area contributed by atoms with Crippen molar-refractivity contribution in [2.45, 2.75) is 0 Å². The van der Waals surface area contributed by atoms with Crippen LogP contribution < -0.4 is 0 Å². The lowest BCUT2D eigenvalue weighted by Crippen LogP contribution is -1.91. The number of hydrogen-bond acceptors (Lipinski definition) is 2. The van der Waals surface area contributed by atoms with Gasteiger partial charge in [0.25, 0.3) is 0 Å². The van der Waals surface area contributed by atoms with Crippen LogP contribution >= 0.6 is 0 Å². The van der Waals surface area contributed by atoms with Gasteiger partial charge in [-0.3, -0.25) is 0 Å². The normalized spacial score (nSPS) is 10.5. The fourth-order valence-electron chi connectivity index (χ4n) is 1.06. The smallest absolute Gasteiger partial charge is 0.206 e. The average molecular weight is 166 g/mol. The van der Waals surface area contributed by atoms with Crippen molar-refractivity contribution >= 4 is 10.8 Å². The van der Waals surface area contributed by atoms with Crippen LogP contribution in [0, 0.1) is 11.8 Å². The zero-order valence-corrected chi connectivity index (χ0v) is 5.96. The van der Waals surface area contributed by atoms with Crippen molar-refractivity contribution < 1.29 is 8.78 Å². The molecule has 0 N–H and O–H groups in total. The molecule has 4 heteroatoms. The first-order valence-electron chi connectivity index (χ1n) is 3.34. The maximum atomic E-state index is 12.9. The predicted octanol–water partition coefficient (Wildman–Crippen LogP) is 1.91. The van der Waals surface area contributed by atoms with E-state index in [1.54, 1.807) is 6.07 Å². The zero-order valence-electron chi connectivity index (χ0n) is 5.96. The van der Waals surface area contributed by atoms with Gasteiger partial charge in [0.15, 0.2) is 0 Å². The third-order valence-corrected chi connectivity index (χ3v) is 1.59. The number of rotatable bonds is 0. The summed E-state index contributed by atoms with van der Waals surface area (Å²) in [5.74, 6) is -1.48. The molecule has 0 aliphatic carbocycles. The van der Waals surface area contributed by atoms with E-state index in [4.69, 9.17) is 0 Å². The van der Waals surface area contributed by atoms with Crippen LogP contribution in [0.3, 0.4) is 0 Å². The summed E-state index contributed by atoms with van der Waals surface area (Å²) in [4.78, 5) is 0. The van der Waals surface area contributed by atoms with Gasteiger partial charge < -0.3 is 0 Å². The van der Waals surface area contributed by atoms with E-state index in [2.05, 4.69) is 10.2 Å². The lowest BCUT2D eigenvalue weighted by Gasteiger charge is -1.96. The first kappa shape index (κ1) is 7.09. The Kier molecular flexibility index (Phi) is 1.46. The Hall–Kier alpha value is -1.58. The van der Waals surface area contributed by atoms with E-state index >= 15 is 0 Å². The molecule has 60 valence electrons. The lowest BCUT2D eigenvalue weighted by molar-refractivity contribution is 0.563. The van der Waals surface area contributed by atoms with Gasteiger partial charge in [0, 0.05) is 5.39 Å². The highest BCUT2D eigenvalue weighted by Crippen LogP contribution is 2.17. The van der Waals surface area contributed by atoms with Crippen molar-refractivity contribution in [3.8, 4) is 0 Å². The molecule has 0 spiro atoms. The molecule has 0 bridgehead atoms. The summed E-state index contributed by atoms with van der Waals surface area (Å²) in [6, 6.07) is 4.27. The van der Waals surface area contributed by atoms with Crippen molar-refractivity contribution in [1.29, 1.82) is 0 Å². The molecular formula is C8H4F2N2. The Balaban J connectivity index is 2.96. The van der Waals surface area contributed by atoms with Crippen LogP contribution in [-0.2, 0) is 0 Å². The summed E-state index contributed by atoms with van der Waals surface area (Å²) in [6.45, 7) is 0. The van der Waals surface area contributed by atoms with E-state index in [1.165, 1.54) is 18.3 Å². The first-order valence-corrected chi connectivity index (χ1v) is 3.34. The third-order valence-electron chi connectivity index (χ3n) is 1.59. The van der Waals surface area contributed by atoms with Crippen molar-refractivity contribution in [2.24, 2.45) is 0 Å². The number of benzene rings is 1. The average Bonchev–Trinajstić information content (AvgIpc) is 2.04. The van der Waals surface area contributed by atoms with Crippen LogP contribution in [-0.4, -0.2) is 10.2 Å². The summed E-state index contributed by atoms with van der Waals surface area (Å²) < 4.78 is 25.8. The highest BCUT2D eigenvalue weighted by atomic mass is 19.1. The Morgan fingerprint density at radius 1 is 1.17 bits per heavy atom. The fourth-order valence-corrected chi connectivity index (χ4v) is 1.06. The molecule has 0 radical (unpaired) electrons. The molecule has 2 aromatic rings. The maximum absolute atomic E-state index is 12.9. The van der Waals surface area contributed by atoms with Gasteiger partial charge in [-0.25, -0.2) is 4.39 Å². The van der Waals surface area contributed by atoms with Gasteiger partial charge in [0.1, 0.15) is 5.82 Å². The van der Waals surface area contributed by atoms with Gasteiger partial charge in [-0.05, 0) is 6.07 Å². The minimum atomic E-state index is -0.870. The molecule has 0 aliphatic rings. The molecule has 2 nitrogen and oxygen atoms in total. The maximum Gasteiger partial charge on any atom is 0.244 e. The standard InChI is InChI=1S/C8H4F2N2/c9-6-3-1-2-5-4-11-12-8(10)7(5)6/h1-4H. The first-order chi connectivity index (χ1) is 5.79. The summed E-state index contributed by atoms with van der Waals surface area (Å²) in [7, 11) is 0. The van der Waals surface area contributed by atoms with Crippen molar-refractivity contribution in [3.63, 3.8) is 0 Å². The van der Waals surface area contributed by atoms with E-state index in [9.17, 15) is 8.78 Å². The second kappa shape index (κ2) is 2.48. The van der Waals surface area contributed by atoms with Gasteiger partial charge in [0.05, 0.1) is 11.6 Å². The quantitative estimate of drug-likeness (QED) is 0.597. The number of halogens is 2. The van der Waals surface area contributed by atoms with E-state index in [-0.39, 0.29) is 5.39 Å². The lowest BCUT2D eigenvalue weighted by atomic mass is 10.2. The van der Waals surface area contributed by atoms with E-state index in [1.807, 2.05) is 0 Å². The summed E-state index contributed by atoms with van der Waals surface area (Å²) in [6.07, 6.45) is 1.32. The van der Waals surface area contributed by atoms with Gasteiger partial charge in [-0.2, -0.15) is 9.49 Å². The minimum Gasteiger partial charge on any atom is -0.206 e. The van der Waals surface area contributed by atoms with Crippen LogP contribution in [0.15, 0.2) is 24.4 Å². The summed E-state index contributed by atoms with van der Waals surface area (Å²) in [5.41, 5.74) is 0. The van der Waals surface area contributed by atoms with Gasteiger partial charge in [0.2, 0.25) is 5.95 Å². The Bertz CT molecular complexity index is 392. The largest absolute Gasteiger partial charge is 0.244 e. The Morgan fingerprint density at radius 3 is 2.75 bits per heavy atom. The highest BCUT2D eigenvalue weighted by Gasteiger charge is 2.06. The summed E-state index contributed by atoms with van der Waals surface area (Å²) in [5, 5.41) is 6.79. The molecule has 1 aromatic carbocycles. The Labute approximate surface area is 66.9 Å². The Morgan fingerprint density at radius 2 is 2.00 bits per heavy atom. The molecule has 2 rings (SSSR count). The molecule has 0 aliphatic heterocycles. The minimum absolute atomic E-state index is 0.104. The molecule has 1 heterocycles. The molecule has 1 aromatic heterocycles. The molecule has 0 unspecified atom stereocenters. The molecule has 0 saturated heterocycles. The van der Waals surface area contributed by atoms with Gasteiger partial charge in [-0.1, -0.05) is 12.1 Å². The number of aromatic nitrogens is 2. The van der Waals surface area contributed by atoms with E-state index in [0.29, 0.717) is 5.39 Å². The van der Waals surface area contributed by atoms with Crippen LogP contribution in [0.5, 0.6) is 0 Å². The fraction of sp³-hybridized carbons (Fsp3) is 0. The SMILES string of the molecule is Fc1cccc2cnnc(F)c12. The van der Waals surface area contributed by atoms with Crippen LogP contribution in [0.25, 0.3) is 10.8 Å². The van der Waals surface area contributed by atoms with Crippen LogP contribution in [0.2, 0.25) is 0 Å². The number of fused-ring (bicyclic) bond motifs is 1. The third kappa shape index (κ3) is 0.922. The van der Waals surface area contributed by atoms with Gasteiger partial charge >= 0.3 is 0 Å². The monoisotopic (exact) mass is 166 g/mol. The molecule has 12 heavy (non-hydrogen) atoms. The molecule has 0 fully saturated rings.